The molecule has 1 heterocycles. The summed E-state index contributed by atoms with van der Waals surface area (Å²) < 4.78 is 26.0. The molecule has 1 atom stereocenters. The molecule has 1 aromatic heterocycles. The van der Waals surface area contributed by atoms with E-state index in [9.17, 15) is 18.0 Å². The molecule has 0 aliphatic rings. The SMILES string of the molecule is CN(CC(=O)NC(C(N)=O)c1ccccc1)S(=O)(=O)c1ccc(Cl)s1. The Labute approximate surface area is 154 Å². The predicted molar refractivity (Wildman–Crippen MR) is 95.7 cm³/mol. The summed E-state index contributed by atoms with van der Waals surface area (Å²) in [5, 5.41) is 2.45. The number of thiophene rings is 1. The van der Waals surface area contributed by atoms with E-state index >= 15 is 0 Å². The Morgan fingerprint density at radius 2 is 1.88 bits per heavy atom. The van der Waals surface area contributed by atoms with Crippen LogP contribution in [0.3, 0.4) is 0 Å². The van der Waals surface area contributed by atoms with E-state index in [1.54, 1.807) is 30.3 Å². The molecule has 25 heavy (non-hydrogen) atoms. The minimum absolute atomic E-state index is 0.0299. The number of halogens is 1. The molecule has 2 amide bonds. The molecule has 10 heteroatoms. The molecule has 1 unspecified atom stereocenters. The number of primary amides is 1. The predicted octanol–water partition coefficient (Wildman–Crippen LogP) is 1.36. The highest BCUT2D eigenvalue weighted by Crippen LogP contribution is 2.27. The average molecular weight is 402 g/mol. The van der Waals surface area contributed by atoms with Crippen LogP contribution in [0.15, 0.2) is 46.7 Å². The van der Waals surface area contributed by atoms with Gasteiger partial charge in [0.05, 0.1) is 10.9 Å². The van der Waals surface area contributed by atoms with Gasteiger partial charge in [-0.05, 0) is 17.7 Å². The lowest BCUT2D eigenvalue weighted by molar-refractivity contribution is -0.127. The number of nitrogens with one attached hydrogen (secondary N) is 1. The van der Waals surface area contributed by atoms with Crippen molar-refractivity contribution in [2.24, 2.45) is 5.73 Å². The fourth-order valence-corrected chi connectivity index (χ4v) is 4.87. The molecule has 0 radical (unpaired) electrons. The van der Waals surface area contributed by atoms with Gasteiger partial charge in [0.25, 0.3) is 10.0 Å². The summed E-state index contributed by atoms with van der Waals surface area (Å²) in [6.07, 6.45) is 0. The van der Waals surface area contributed by atoms with Crippen molar-refractivity contribution in [3.8, 4) is 0 Å². The zero-order valence-electron chi connectivity index (χ0n) is 13.2. The second-order valence-electron chi connectivity index (χ2n) is 5.13. The molecular weight excluding hydrogens is 386 g/mol. The molecule has 134 valence electrons. The summed E-state index contributed by atoms with van der Waals surface area (Å²) >= 11 is 6.65. The van der Waals surface area contributed by atoms with Crippen LogP contribution in [0, 0.1) is 0 Å². The van der Waals surface area contributed by atoms with Crippen LogP contribution in [0.2, 0.25) is 4.34 Å². The lowest BCUT2D eigenvalue weighted by Gasteiger charge is -2.19. The molecule has 0 aliphatic carbocycles. The Morgan fingerprint density at radius 3 is 2.40 bits per heavy atom. The van der Waals surface area contributed by atoms with Gasteiger partial charge in [0.15, 0.2) is 0 Å². The lowest BCUT2D eigenvalue weighted by Crippen LogP contribution is -2.43. The van der Waals surface area contributed by atoms with Crippen LogP contribution in [0.4, 0.5) is 0 Å². The van der Waals surface area contributed by atoms with E-state index in [2.05, 4.69) is 5.32 Å². The molecule has 0 saturated carbocycles. The van der Waals surface area contributed by atoms with Crippen LogP contribution >= 0.6 is 22.9 Å². The van der Waals surface area contributed by atoms with Crippen LogP contribution in [-0.2, 0) is 19.6 Å². The van der Waals surface area contributed by atoms with Gasteiger partial charge in [-0.2, -0.15) is 4.31 Å². The average Bonchev–Trinajstić information content (AvgIpc) is 3.00. The van der Waals surface area contributed by atoms with Crippen molar-refractivity contribution in [1.29, 1.82) is 0 Å². The number of benzene rings is 1. The summed E-state index contributed by atoms with van der Waals surface area (Å²) in [6.45, 7) is -0.464. The van der Waals surface area contributed by atoms with Crippen molar-refractivity contribution in [3.05, 3.63) is 52.4 Å². The summed E-state index contributed by atoms with van der Waals surface area (Å²) in [4.78, 5) is 23.8. The van der Waals surface area contributed by atoms with Crippen molar-refractivity contribution in [3.63, 3.8) is 0 Å². The molecule has 2 aromatic rings. The van der Waals surface area contributed by atoms with Crippen LogP contribution in [-0.4, -0.2) is 38.1 Å². The van der Waals surface area contributed by atoms with E-state index < -0.39 is 34.4 Å². The van der Waals surface area contributed by atoms with Gasteiger partial charge in [-0.25, -0.2) is 8.42 Å². The number of hydrogen-bond acceptors (Lipinski definition) is 5. The molecular formula is C15H16ClN3O4S2. The number of likely N-dealkylation sites (N-methyl/N-ethyl adjacent to an activating group) is 1. The van der Waals surface area contributed by atoms with Crippen LogP contribution in [0.5, 0.6) is 0 Å². The van der Waals surface area contributed by atoms with E-state index in [1.165, 1.54) is 19.2 Å². The Bertz CT molecular complexity index is 868. The maximum atomic E-state index is 12.4. The second kappa shape index (κ2) is 7.96. The van der Waals surface area contributed by atoms with E-state index in [0.717, 1.165) is 15.6 Å². The first kappa shape index (κ1) is 19.4. The van der Waals surface area contributed by atoms with Gasteiger partial charge in [-0.15, -0.1) is 11.3 Å². The van der Waals surface area contributed by atoms with Crippen molar-refractivity contribution in [2.45, 2.75) is 10.3 Å². The quantitative estimate of drug-likeness (QED) is 0.729. The highest BCUT2D eigenvalue weighted by molar-refractivity contribution is 7.91. The van der Waals surface area contributed by atoms with Crippen molar-refractivity contribution < 1.29 is 18.0 Å². The maximum absolute atomic E-state index is 12.4. The lowest BCUT2D eigenvalue weighted by atomic mass is 10.1. The number of carbonyl (C=O) groups excluding carboxylic acids is 2. The van der Waals surface area contributed by atoms with Crippen LogP contribution < -0.4 is 11.1 Å². The smallest absolute Gasteiger partial charge is 0.252 e. The third-order valence-electron chi connectivity index (χ3n) is 3.30. The van der Waals surface area contributed by atoms with E-state index in [-0.39, 0.29) is 4.21 Å². The first-order chi connectivity index (χ1) is 11.7. The summed E-state index contributed by atoms with van der Waals surface area (Å²) in [5.74, 6) is -1.39. The molecule has 0 fully saturated rings. The first-order valence-corrected chi connectivity index (χ1v) is 9.70. The fourth-order valence-electron chi connectivity index (χ4n) is 2.05. The van der Waals surface area contributed by atoms with E-state index in [4.69, 9.17) is 17.3 Å². The number of nitrogens with two attached hydrogens (primary N) is 1. The van der Waals surface area contributed by atoms with Gasteiger partial charge in [0.2, 0.25) is 11.8 Å². The minimum atomic E-state index is -3.84. The Morgan fingerprint density at radius 1 is 1.24 bits per heavy atom. The molecule has 3 N–H and O–H groups in total. The number of sulfonamides is 1. The highest BCUT2D eigenvalue weighted by Gasteiger charge is 2.27. The molecule has 1 aromatic carbocycles. The number of rotatable bonds is 7. The summed E-state index contributed by atoms with van der Waals surface area (Å²) in [6, 6.07) is 10.2. The third-order valence-corrected chi connectivity index (χ3v) is 6.80. The van der Waals surface area contributed by atoms with Crippen LogP contribution in [0.25, 0.3) is 0 Å². The largest absolute Gasteiger partial charge is 0.368 e. The monoisotopic (exact) mass is 401 g/mol. The van der Waals surface area contributed by atoms with E-state index in [0.29, 0.717) is 9.90 Å². The van der Waals surface area contributed by atoms with Gasteiger partial charge in [0.1, 0.15) is 10.3 Å². The molecule has 0 spiro atoms. The first-order valence-electron chi connectivity index (χ1n) is 7.07. The van der Waals surface area contributed by atoms with Gasteiger partial charge in [-0.3, -0.25) is 9.59 Å². The zero-order valence-corrected chi connectivity index (χ0v) is 15.6. The van der Waals surface area contributed by atoms with Gasteiger partial charge < -0.3 is 11.1 Å². The summed E-state index contributed by atoms with van der Waals surface area (Å²) in [7, 11) is -2.58. The highest BCUT2D eigenvalue weighted by atomic mass is 35.5. The molecule has 2 rings (SSSR count). The second-order valence-corrected chi connectivity index (χ2v) is 9.12. The van der Waals surface area contributed by atoms with Crippen molar-refractivity contribution in [1.82, 2.24) is 9.62 Å². The number of nitrogens with zero attached hydrogens (tertiary/aromatic N) is 1. The molecule has 0 saturated heterocycles. The number of amides is 2. The molecule has 0 bridgehead atoms. The molecule has 0 aliphatic heterocycles. The summed E-state index contributed by atoms with van der Waals surface area (Å²) in [5.41, 5.74) is 5.84. The Kier molecular flexibility index (Phi) is 6.17. The van der Waals surface area contributed by atoms with Crippen LogP contribution in [0.1, 0.15) is 11.6 Å². The molecule has 7 nitrogen and oxygen atoms in total. The maximum Gasteiger partial charge on any atom is 0.252 e. The minimum Gasteiger partial charge on any atom is -0.368 e. The third kappa shape index (κ3) is 4.79. The van der Waals surface area contributed by atoms with Crippen molar-refractivity contribution >= 4 is 44.8 Å². The Balaban J connectivity index is 2.09. The van der Waals surface area contributed by atoms with Gasteiger partial charge in [0, 0.05) is 7.05 Å². The standard InChI is InChI=1S/C15H16ClN3O4S2/c1-19(25(22,23)13-8-7-11(16)24-13)9-12(20)18-14(15(17)21)10-5-3-2-4-6-10/h2-8,14H,9H2,1H3,(H2,17,21)(H,18,20). The van der Waals surface area contributed by atoms with Gasteiger partial charge >= 0.3 is 0 Å². The number of hydrogen-bond donors (Lipinski definition) is 2. The van der Waals surface area contributed by atoms with Gasteiger partial charge in [-0.1, -0.05) is 41.9 Å². The normalized spacial score (nSPS) is 12.8. The fraction of sp³-hybridized carbons (Fsp3) is 0.200. The zero-order chi connectivity index (χ0) is 18.6. The number of carbonyl (C=O) groups is 2. The van der Waals surface area contributed by atoms with Crippen molar-refractivity contribution in [2.75, 3.05) is 13.6 Å². The van der Waals surface area contributed by atoms with E-state index in [1.807, 2.05) is 0 Å². The Hall–Kier alpha value is -1.94. The topological polar surface area (TPSA) is 110 Å².